The Hall–Kier alpha value is -1.79. The molecule has 3 rings (SSSR count). The fraction of sp³-hybridized carbons (Fsp3) is 0.615. The van der Waals surface area contributed by atoms with Crippen LogP contribution < -0.4 is 5.56 Å². The first kappa shape index (κ1) is 13.2. The lowest BCUT2D eigenvalue weighted by Crippen LogP contribution is -2.26. The second kappa shape index (κ2) is 4.96. The van der Waals surface area contributed by atoms with E-state index < -0.39 is 13.0 Å². The van der Waals surface area contributed by atoms with E-state index in [1.54, 1.807) is 4.57 Å². The molecule has 2 aromatic rings. The van der Waals surface area contributed by atoms with E-state index in [4.69, 9.17) is 0 Å². The molecule has 0 bridgehead atoms. The number of nitrogens with zero attached hydrogens (tertiary/aromatic N) is 4. The van der Waals surface area contributed by atoms with Crippen LogP contribution in [0.25, 0.3) is 11.0 Å². The summed E-state index contributed by atoms with van der Waals surface area (Å²) in [5.41, 5.74) is 0.0958. The number of alkyl halides is 2. The highest BCUT2D eigenvalue weighted by Gasteiger charge is 2.24. The van der Waals surface area contributed by atoms with Gasteiger partial charge in [0.05, 0.1) is 6.20 Å². The normalized spacial score (nSPS) is 15.4. The summed E-state index contributed by atoms with van der Waals surface area (Å²) in [4.78, 5) is 16.8. The second-order valence-corrected chi connectivity index (χ2v) is 5.20. The van der Waals surface area contributed by atoms with Crippen molar-refractivity contribution in [2.45, 2.75) is 45.7 Å². The molecular formula is C13H16F2N4O. The van der Waals surface area contributed by atoms with Crippen LogP contribution in [0.5, 0.6) is 0 Å². The number of aryl methyl sites for hydroxylation is 1. The van der Waals surface area contributed by atoms with Crippen molar-refractivity contribution in [2.24, 2.45) is 5.92 Å². The molecule has 2 aromatic heterocycles. The molecule has 0 atom stereocenters. The molecule has 5 nitrogen and oxygen atoms in total. The molecule has 0 radical (unpaired) electrons. The first-order valence-corrected chi connectivity index (χ1v) is 6.83. The van der Waals surface area contributed by atoms with Crippen molar-refractivity contribution in [1.82, 2.24) is 19.3 Å². The van der Waals surface area contributed by atoms with Gasteiger partial charge in [-0.3, -0.25) is 9.36 Å². The molecule has 20 heavy (non-hydrogen) atoms. The van der Waals surface area contributed by atoms with Gasteiger partial charge in [-0.1, -0.05) is 6.92 Å². The number of rotatable bonds is 5. The summed E-state index contributed by atoms with van der Waals surface area (Å²) >= 11 is 0. The van der Waals surface area contributed by atoms with E-state index in [1.165, 1.54) is 6.20 Å². The maximum Gasteiger partial charge on any atom is 0.264 e. The van der Waals surface area contributed by atoms with E-state index in [1.807, 2.05) is 6.92 Å². The Morgan fingerprint density at radius 1 is 1.45 bits per heavy atom. The van der Waals surface area contributed by atoms with E-state index >= 15 is 0 Å². The molecular weight excluding hydrogens is 266 g/mol. The minimum absolute atomic E-state index is 0.167. The molecule has 0 aromatic carbocycles. The molecule has 1 fully saturated rings. The van der Waals surface area contributed by atoms with E-state index in [0.717, 1.165) is 17.5 Å². The molecule has 1 saturated carbocycles. The fourth-order valence-electron chi connectivity index (χ4n) is 2.37. The topological polar surface area (TPSA) is 52.7 Å². The van der Waals surface area contributed by atoms with Crippen LogP contribution in [0.2, 0.25) is 0 Å². The smallest absolute Gasteiger partial charge is 0.264 e. The third-order valence-electron chi connectivity index (χ3n) is 3.60. The Morgan fingerprint density at radius 2 is 2.20 bits per heavy atom. The largest absolute Gasteiger partial charge is 0.296 e. The van der Waals surface area contributed by atoms with Crippen LogP contribution >= 0.6 is 0 Å². The van der Waals surface area contributed by atoms with Crippen molar-refractivity contribution >= 4 is 11.0 Å². The highest BCUT2D eigenvalue weighted by molar-refractivity contribution is 5.73. The SMILES string of the molecule is CCc1nc2c(cnn2CC(F)F)c(=O)n1CC1CC1. The van der Waals surface area contributed by atoms with Gasteiger partial charge in [-0.15, -0.1) is 0 Å². The van der Waals surface area contributed by atoms with Gasteiger partial charge in [-0.25, -0.2) is 18.4 Å². The predicted molar refractivity (Wildman–Crippen MR) is 69.9 cm³/mol. The first-order chi connectivity index (χ1) is 9.60. The van der Waals surface area contributed by atoms with Gasteiger partial charge in [0.15, 0.2) is 5.65 Å². The van der Waals surface area contributed by atoms with Gasteiger partial charge in [0.25, 0.3) is 12.0 Å². The summed E-state index contributed by atoms with van der Waals surface area (Å²) in [7, 11) is 0. The molecule has 0 unspecified atom stereocenters. The van der Waals surface area contributed by atoms with Crippen LogP contribution in [-0.2, 0) is 19.5 Å². The van der Waals surface area contributed by atoms with Crippen molar-refractivity contribution in [2.75, 3.05) is 0 Å². The van der Waals surface area contributed by atoms with Crippen molar-refractivity contribution in [3.8, 4) is 0 Å². The highest BCUT2D eigenvalue weighted by atomic mass is 19.3. The van der Waals surface area contributed by atoms with E-state index in [9.17, 15) is 13.6 Å². The maximum absolute atomic E-state index is 12.5. The number of hydrogen-bond donors (Lipinski definition) is 0. The van der Waals surface area contributed by atoms with Crippen LogP contribution in [0.4, 0.5) is 8.78 Å². The Balaban J connectivity index is 2.12. The minimum Gasteiger partial charge on any atom is -0.296 e. The van der Waals surface area contributed by atoms with Gasteiger partial charge in [0.1, 0.15) is 17.8 Å². The molecule has 1 aliphatic carbocycles. The van der Waals surface area contributed by atoms with Crippen molar-refractivity contribution in [1.29, 1.82) is 0 Å². The Bertz CT molecular complexity index is 687. The highest BCUT2D eigenvalue weighted by Crippen LogP contribution is 2.30. The van der Waals surface area contributed by atoms with Crippen molar-refractivity contribution < 1.29 is 8.78 Å². The minimum atomic E-state index is -2.51. The van der Waals surface area contributed by atoms with Crippen LogP contribution in [0.1, 0.15) is 25.6 Å². The van der Waals surface area contributed by atoms with Gasteiger partial charge in [-0.2, -0.15) is 5.10 Å². The lowest BCUT2D eigenvalue weighted by molar-refractivity contribution is 0.123. The second-order valence-electron chi connectivity index (χ2n) is 5.20. The summed E-state index contributed by atoms with van der Waals surface area (Å²) < 4.78 is 27.8. The maximum atomic E-state index is 12.5. The zero-order valence-electron chi connectivity index (χ0n) is 11.2. The molecule has 0 amide bonds. The Kier molecular flexibility index (Phi) is 3.27. The lowest BCUT2D eigenvalue weighted by Gasteiger charge is -2.11. The zero-order chi connectivity index (χ0) is 14.3. The van der Waals surface area contributed by atoms with Crippen LogP contribution in [0.15, 0.2) is 11.0 Å². The summed E-state index contributed by atoms with van der Waals surface area (Å²) in [6, 6.07) is 0. The summed E-state index contributed by atoms with van der Waals surface area (Å²) in [5.74, 6) is 1.19. The third kappa shape index (κ3) is 2.32. The summed E-state index contributed by atoms with van der Waals surface area (Å²) in [6.07, 6.45) is 1.70. The summed E-state index contributed by atoms with van der Waals surface area (Å²) in [5, 5.41) is 4.19. The molecule has 7 heteroatoms. The van der Waals surface area contributed by atoms with Crippen molar-refractivity contribution in [3.05, 3.63) is 22.4 Å². The molecule has 1 aliphatic rings. The number of aromatic nitrogens is 4. The van der Waals surface area contributed by atoms with Gasteiger partial charge in [0, 0.05) is 13.0 Å². The lowest BCUT2D eigenvalue weighted by atomic mass is 10.3. The van der Waals surface area contributed by atoms with Gasteiger partial charge in [0.2, 0.25) is 0 Å². The third-order valence-corrected chi connectivity index (χ3v) is 3.60. The summed E-state index contributed by atoms with van der Waals surface area (Å²) in [6.45, 7) is 2.04. The molecule has 0 spiro atoms. The van der Waals surface area contributed by atoms with Gasteiger partial charge >= 0.3 is 0 Å². The average Bonchev–Trinajstić information content (AvgIpc) is 3.14. The monoisotopic (exact) mass is 282 g/mol. The molecule has 2 heterocycles. The predicted octanol–water partition coefficient (Wildman–Crippen LogP) is 1.83. The number of fused-ring (bicyclic) bond motifs is 1. The van der Waals surface area contributed by atoms with E-state index in [0.29, 0.717) is 30.1 Å². The van der Waals surface area contributed by atoms with Gasteiger partial charge in [-0.05, 0) is 18.8 Å². The Morgan fingerprint density at radius 3 is 2.80 bits per heavy atom. The molecule has 0 aliphatic heterocycles. The molecule has 0 saturated heterocycles. The standard InChI is InChI=1S/C13H16F2N4O/c1-2-11-17-12-9(5-16-19(12)7-10(14)15)13(20)18(11)6-8-3-4-8/h5,8,10H,2-4,6-7H2,1H3. The average molecular weight is 282 g/mol. The van der Waals surface area contributed by atoms with Crippen molar-refractivity contribution in [3.63, 3.8) is 0 Å². The van der Waals surface area contributed by atoms with E-state index in [-0.39, 0.29) is 11.2 Å². The van der Waals surface area contributed by atoms with E-state index in [2.05, 4.69) is 10.1 Å². The zero-order valence-corrected chi connectivity index (χ0v) is 11.2. The molecule has 108 valence electrons. The molecule has 0 N–H and O–H groups in total. The van der Waals surface area contributed by atoms with Crippen LogP contribution in [0, 0.1) is 5.92 Å². The van der Waals surface area contributed by atoms with Crippen LogP contribution in [0.3, 0.4) is 0 Å². The number of hydrogen-bond acceptors (Lipinski definition) is 3. The first-order valence-electron chi connectivity index (χ1n) is 6.83. The van der Waals surface area contributed by atoms with Gasteiger partial charge < -0.3 is 0 Å². The van der Waals surface area contributed by atoms with Crippen LogP contribution in [-0.4, -0.2) is 25.8 Å². The Labute approximate surface area is 114 Å². The quantitative estimate of drug-likeness (QED) is 0.840. The number of halogens is 2. The fourth-order valence-corrected chi connectivity index (χ4v) is 2.37.